The lowest BCUT2D eigenvalue weighted by molar-refractivity contribution is 1.50. The number of nitrogens with zero attached hydrogens (tertiary/aromatic N) is 1. The molecule has 3 heteroatoms. The number of halogens is 1. The fourth-order valence-electron chi connectivity index (χ4n) is 1.73. The van der Waals surface area contributed by atoms with Gasteiger partial charge in [-0.25, -0.2) is 0 Å². The fraction of sp³-hybridized carbons (Fsp3) is 0. The van der Waals surface area contributed by atoms with Crippen LogP contribution in [-0.4, -0.2) is 6.21 Å². The molecule has 2 aromatic carbocycles. The summed E-state index contributed by atoms with van der Waals surface area (Å²) >= 11 is 3.46. The summed E-state index contributed by atoms with van der Waals surface area (Å²) in [6.07, 6.45) is 1.89. The molecule has 0 atom stereocenters. The Kier molecular flexibility index (Phi) is 2.26. The lowest BCUT2D eigenvalue weighted by Gasteiger charge is -2.08. The summed E-state index contributed by atoms with van der Waals surface area (Å²) < 4.78 is 1.05. The third kappa shape index (κ3) is 1.63. The van der Waals surface area contributed by atoms with Crippen molar-refractivity contribution in [3.05, 3.63) is 52.5 Å². The van der Waals surface area contributed by atoms with Crippen LogP contribution >= 0.6 is 15.9 Å². The van der Waals surface area contributed by atoms with Crippen molar-refractivity contribution in [2.45, 2.75) is 0 Å². The lowest BCUT2D eigenvalue weighted by Crippen LogP contribution is -1.92. The molecule has 0 fully saturated rings. The summed E-state index contributed by atoms with van der Waals surface area (Å²) in [5.74, 6) is 0. The Morgan fingerprint density at radius 2 is 1.88 bits per heavy atom. The summed E-state index contributed by atoms with van der Waals surface area (Å²) in [5.41, 5.74) is 4.17. The average molecular weight is 273 g/mol. The first-order valence-electron chi connectivity index (χ1n) is 5.02. The molecule has 0 unspecified atom stereocenters. The number of fused-ring (bicyclic) bond motifs is 2. The SMILES string of the molecule is Brc1ccc2c(c1)Nc1ccccc1C=N2. The zero-order valence-electron chi connectivity index (χ0n) is 8.44. The van der Waals surface area contributed by atoms with E-state index in [9.17, 15) is 0 Å². The van der Waals surface area contributed by atoms with Crippen LogP contribution in [0.2, 0.25) is 0 Å². The maximum atomic E-state index is 4.46. The van der Waals surface area contributed by atoms with E-state index in [4.69, 9.17) is 0 Å². The Balaban J connectivity index is 2.18. The van der Waals surface area contributed by atoms with E-state index in [1.54, 1.807) is 0 Å². The van der Waals surface area contributed by atoms with Gasteiger partial charge < -0.3 is 5.32 Å². The van der Waals surface area contributed by atoms with Crippen molar-refractivity contribution in [2.24, 2.45) is 4.99 Å². The monoisotopic (exact) mass is 272 g/mol. The molecule has 78 valence electrons. The van der Waals surface area contributed by atoms with Crippen LogP contribution in [0.25, 0.3) is 0 Å². The molecule has 1 N–H and O–H groups in total. The van der Waals surface area contributed by atoms with Crippen molar-refractivity contribution in [1.29, 1.82) is 0 Å². The summed E-state index contributed by atoms with van der Waals surface area (Å²) in [5, 5.41) is 3.39. The summed E-state index contributed by atoms with van der Waals surface area (Å²) in [7, 11) is 0. The standard InChI is InChI=1S/C13H9BrN2/c14-10-5-6-12-13(7-10)16-11-4-2-1-3-9(11)8-15-12/h1-8,16H. The van der Waals surface area contributed by atoms with Gasteiger partial charge in [-0.3, -0.25) is 4.99 Å². The molecule has 0 aromatic heterocycles. The van der Waals surface area contributed by atoms with Crippen LogP contribution in [-0.2, 0) is 0 Å². The highest BCUT2D eigenvalue weighted by Crippen LogP contribution is 2.34. The number of rotatable bonds is 0. The van der Waals surface area contributed by atoms with E-state index in [-0.39, 0.29) is 0 Å². The molecule has 1 heterocycles. The molecule has 1 aliphatic heterocycles. The molecule has 0 saturated carbocycles. The number of aliphatic imine (C=N–C) groups is 1. The second-order valence-electron chi connectivity index (χ2n) is 3.63. The largest absolute Gasteiger partial charge is 0.353 e. The summed E-state index contributed by atoms with van der Waals surface area (Å²) in [4.78, 5) is 4.46. The van der Waals surface area contributed by atoms with Gasteiger partial charge >= 0.3 is 0 Å². The van der Waals surface area contributed by atoms with Gasteiger partial charge in [0.05, 0.1) is 11.4 Å². The molecule has 1 aliphatic rings. The fourth-order valence-corrected chi connectivity index (χ4v) is 2.09. The quantitative estimate of drug-likeness (QED) is 0.650. The van der Waals surface area contributed by atoms with Crippen LogP contribution in [0.4, 0.5) is 17.1 Å². The molecular formula is C13H9BrN2. The maximum absolute atomic E-state index is 4.46. The maximum Gasteiger partial charge on any atom is 0.0865 e. The van der Waals surface area contributed by atoms with E-state index in [1.807, 2.05) is 42.6 Å². The third-order valence-corrected chi connectivity index (χ3v) is 3.02. The van der Waals surface area contributed by atoms with Crippen LogP contribution in [0.5, 0.6) is 0 Å². The molecular weight excluding hydrogens is 264 g/mol. The Morgan fingerprint density at radius 1 is 1.00 bits per heavy atom. The zero-order chi connectivity index (χ0) is 11.0. The molecule has 0 bridgehead atoms. The van der Waals surface area contributed by atoms with Crippen molar-refractivity contribution in [2.75, 3.05) is 5.32 Å². The first-order valence-corrected chi connectivity index (χ1v) is 5.82. The van der Waals surface area contributed by atoms with Crippen LogP contribution in [0.3, 0.4) is 0 Å². The van der Waals surface area contributed by atoms with E-state index in [1.165, 1.54) is 0 Å². The number of anilines is 2. The molecule has 0 saturated heterocycles. The van der Waals surface area contributed by atoms with Gasteiger partial charge in [0.2, 0.25) is 0 Å². The van der Waals surface area contributed by atoms with Gasteiger partial charge in [0, 0.05) is 21.9 Å². The molecule has 0 spiro atoms. The smallest absolute Gasteiger partial charge is 0.0865 e. The van der Waals surface area contributed by atoms with Crippen molar-refractivity contribution >= 4 is 39.2 Å². The second-order valence-corrected chi connectivity index (χ2v) is 4.55. The highest BCUT2D eigenvalue weighted by atomic mass is 79.9. The van der Waals surface area contributed by atoms with Gasteiger partial charge in [-0.15, -0.1) is 0 Å². The molecule has 16 heavy (non-hydrogen) atoms. The van der Waals surface area contributed by atoms with E-state index in [0.29, 0.717) is 0 Å². The predicted octanol–water partition coefficient (Wildman–Crippen LogP) is 4.26. The Bertz CT molecular complexity index is 576. The van der Waals surface area contributed by atoms with Crippen LogP contribution in [0.1, 0.15) is 5.56 Å². The Labute approximate surface area is 102 Å². The van der Waals surface area contributed by atoms with Gasteiger partial charge in [-0.2, -0.15) is 0 Å². The van der Waals surface area contributed by atoms with Crippen molar-refractivity contribution in [3.63, 3.8) is 0 Å². The van der Waals surface area contributed by atoms with E-state index >= 15 is 0 Å². The highest BCUT2D eigenvalue weighted by Gasteiger charge is 2.08. The second kappa shape index (κ2) is 3.76. The number of hydrogen-bond acceptors (Lipinski definition) is 2. The summed E-state index contributed by atoms with van der Waals surface area (Å²) in [6.45, 7) is 0. The van der Waals surface area contributed by atoms with Gasteiger partial charge in [0.15, 0.2) is 0 Å². The molecule has 0 amide bonds. The number of hydrogen-bond donors (Lipinski definition) is 1. The molecule has 3 rings (SSSR count). The minimum atomic E-state index is 0.958. The van der Waals surface area contributed by atoms with Crippen LogP contribution < -0.4 is 5.32 Å². The number of nitrogens with one attached hydrogen (secondary N) is 1. The van der Waals surface area contributed by atoms with Gasteiger partial charge in [-0.05, 0) is 24.3 Å². The normalized spacial score (nSPS) is 12.3. The minimum Gasteiger partial charge on any atom is -0.353 e. The lowest BCUT2D eigenvalue weighted by atomic mass is 10.2. The van der Waals surface area contributed by atoms with E-state index < -0.39 is 0 Å². The molecule has 0 aliphatic carbocycles. The van der Waals surface area contributed by atoms with E-state index in [2.05, 4.69) is 32.3 Å². The number of para-hydroxylation sites is 1. The first kappa shape index (κ1) is 9.60. The third-order valence-electron chi connectivity index (χ3n) is 2.53. The minimum absolute atomic E-state index is 0.958. The predicted molar refractivity (Wildman–Crippen MR) is 71.1 cm³/mol. The first-order chi connectivity index (χ1) is 7.83. The van der Waals surface area contributed by atoms with Crippen molar-refractivity contribution < 1.29 is 0 Å². The van der Waals surface area contributed by atoms with Gasteiger partial charge in [0.1, 0.15) is 0 Å². The van der Waals surface area contributed by atoms with Gasteiger partial charge in [0.25, 0.3) is 0 Å². The number of benzene rings is 2. The highest BCUT2D eigenvalue weighted by molar-refractivity contribution is 9.10. The van der Waals surface area contributed by atoms with Crippen molar-refractivity contribution in [3.8, 4) is 0 Å². The van der Waals surface area contributed by atoms with Crippen molar-refractivity contribution in [1.82, 2.24) is 0 Å². The Hall–Kier alpha value is -1.61. The van der Waals surface area contributed by atoms with Crippen LogP contribution in [0.15, 0.2) is 51.9 Å². The molecule has 2 nitrogen and oxygen atoms in total. The van der Waals surface area contributed by atoms with Gasteiger partial charge in [-0.1, -0.05) is 34.1 Å². The van der Waals surface area contributed by atoms with E-state index in [0.717, 1.165) is 27.1 Å². The molecule has 2 aromatic rings. The molecule has 0 radical (unpaired) electrons. The van der Waals surface area contributed by atoms with Crippen LogP contribution in [0, 0.1) is 0 Å². The zero-order valence-corrected chi connectivity index (χ0v) is 10.0. The summed E-state index contributed by atoms with van der Waals surface area (Å²) in [6, 6.07) is 14.2. The Morgan fingerprint density at radius 3 is 2.81 bits per heavy atom. The topological polar surface area (TPSA) is 24.4 Å². The average Bonchev–Trinajstić information content (AvgIpc) is 2.47.